The highest BCUT2D eigenvalue weighted by Crippen LogP contribution is 2.15. The van der Waals surface area contributed by atoms with E-state index < -0.39 is 0 Å². The molecule has 4 heteroatoms. The van der Waals surface area contributed by atoms with Crippen LogP contribution in [0, 0.1) is 18.3 Å². The molecular formula is C7H10N4. The summed E-state index contributed by atoms with van der Waals surface area (Å²) in [6.45, 7) is 1.82. The molecule has 58 valence electrons. The molecule has 0 fully saturated rings. The minimum Gasteiger partial charge on any atom is -0.372 e. The molecule has 0 aliphatic carbocycles. The minimum absolute atomic E-state index is 0.620. The molecule has 0 unspecified atom stereocenters. The van der Waals surface area contributed by atoms with E-state index in [1.165, 1.54) is 0 Å². The van der Waals surface area contributed by atoms with E-state index in [0.29, 0.717) is 5.56 Å². The van der Waals surface area contributed by atoms with E-state index in [1.807, 2.05) is 6.92 Å². The predicted molar refractivity (Wildman–Crippen MR) is 42.2 cm³/mol. The number of nitrogens with zero attached hydrogens (tertiary/aromatic N) is 3. The van der Waals surface area contributed by atoms with Gasteiger partial charge in [0.15, 0.2) is 0 Å². The van der Waals surface area contributed by atoms with E-state index in [2.05, 4.69) is 16.5 Å². The Morgan fingerprint density at radius 1 is 1.64 bits per heavy atom. The zero-order chi connectivity index (χ0) is 8.43. The highest BCUT2D eigenvalue weighted by atomic mass is 15.3. The van der Waals surface area contributed by atoms with Crippen LogP contribution in [-0.4, -0.2) is 16.8 Å². The first-order valence-electron chi connectivity index (χ1n) is 3.32. The number of nitrogens with one attached hydrogen (secondary N) is 1. The third-order valence-corrected chi connectivity index (χ3v) is 1.57. The van der Waals surface area contributed by atoms with Gasteiger partial charge in [0.1, 0.15) is 17.5 Å². The minimum atomic E-state index is 0.620. The fourth-order valence-electron chi connectivity index (χ4n) is 1.08. The maximum Gasteiger partial charge on any atom is 0.142 e. The van der Waals surface area contributed by atoms with Crippen molar-refractivity contribution >= 4 is 5.82 Å². The standard InChI is InChI=1S/C7H10N4/c1-5-6(4-8)7(9-2)11(3)10-5/h9H,1-3H3. The van der Waals surface area contributed by atoms with Gasteiger partial charge in [0.2, 0.25) is 0 Å². The molecule has 1 N–H and O–H groups in total. The maximum absolute atomic E-state index is 8.70. The summed E-state index contributed by atoms with van der Waals surface area (Å²) in [6.07, 6.45) is 0. The Kier molecular flexibility index (Phi) is 1.81. The number of nitriles is 1. The van der Waals surface area contributed by atoms with Crippen LogP contribution in [0.2, 0.25) is 0 Å². The number of hydrogen-bond donors (Lipinski definition) is 1. The summed E-state index contributed by atoms with van der Waals surface area (Å²) in [7, 11) is 3.58. The molecule has 0 aliphatic heterocycles. The van der Waals surface area contributed by atoms with Crippen LogP contribution in [0.15, 0.2) is 0 Å². The van der Waals surface area contributed by atoms with Crippen LogP contribution in [0.25, 0.3) is 0 Å². The van der Waals surface area contributed by atoms with E-state index in [9.17, 15) is 0 Å². The number of rotatable bonds is 1. The second kappa shape index (κ2) is 2.62. The molecule has 1 rings (SSSR count). The van der Waals surface area contributed by atoms with Crippen LogP contribution in [0.1, 0.15) is 11.3 Å². The van der Waals surface area contributed by atoms with Gasteiger partial charge in [-0.05, 0) is 6.92 Å². The number of aromatic nitrogens is 2. The van der Waals surface area contributed by atoms with Gasteiger partial charge in [0.25, 0.3) is 0 Å². The fraction of sp³-hybridized carbons (Fsp3) is 0.429. The predicted octanol–water partition coefficient (Wildman–Crippen LogP) is 0.642. The molecule has 0 radical (unpaired) electrons. The smallest absolute Gasteiger partial charge is 0.142 e. The summed E-state index contributed by atoms with van der Waals surface area (Å²) in [6, 6.07) is 2.09. The fourth-order valence-corrected chi connectivity index (χ4v) is 1.08. The zero-order valence-electron chi connectivity index (χ0n) is 6.84. The number of aryl methyl sites for hydroxylation is 2. The summed E-state index contributed by atoms with van der Waals surface area (Å²) in [5.41, 5.74) is 1.38. The molecule has 0 aliphatic rings. The van der Waals surface area contributed by atoms with E-state index in [0.717, 1.165) is 11.5 Å². The van der Waals surface area contributed by atoms with Gasteiger partial charge in [-0.1, -0.05) is 0 Å². The number of anilines is 1. The van der Waals surface area contributed by atoms with Crippen LogP contribution >= 0.6 is 0 Å². The Balaban J connectivity index is 3.31. The van der Waals surface area contributed by atoms with Crippen molar-refractivity contribution in [3.8, 4) is 6.07 Å². The molecule has 0 saturated carbocycles. The first-order valence-corrected chi connectivity index (χ1v) is 3.32. The molecule has 0 spiro atoms. The van der Waals surface area contributed by atoms with Crippen molar-refractivity contribution < 1.29 is 0 Å². The quantitative estimate of drug-likeness (QED) is 0.639. The van der Waals surface area contributed by atoms with E-state index in [-0.39, 0.29) is 0 Å². The Hall–Kier alpha value is -1.50. The molecule has 0 amide bonds. The van der Waals surface area contributed by atoms with Crippen LogP contribution in [0.5, 0.6) is 0 Å². The van der Waals surface area contributed by atoms with Gasteiger partial charge in [-0.15, -0.1) is 0 Å². The van der Waals surface area contributed by atoms with Gasteiger partial charge < -0.3 is 5.32 Å². The number of hydrogen-bond acceptors (Lipinski definition) is 3. The molecule has 0 bridgehead atoms. The van der Waals surface area contributed by atoms with E-state index in [4.69, 9.17) is 5.26 Å². The van der Waals surface area contributed by atoms with Crippen molar-refractivity contribution in [1.29, 1.82) is 5.26 Å². The van der Waals surface area contributed by atoms with Crippen molar-refractivity contribution in [2.75, 3.05) is 12.4 Å². The average Bonchev–Trinajstić information content (AvgIpc) is 2.24. The SMILES string of the molecule is CNc1c(C#N)c(C)nn1C. The lowest BCUT2D eigenvalue weighted by atomic mass is 10.3. The van der Waals surface area contributed by atoms with Crippen molar-refractivity contribution in [2.45, 2.75) is 6.92 Å². The molecular weight excluding hydrogens is 140 g/mol. The van der Waals surface area contributed by atoms with Crippen LogP contribution in [-0.2, 0) is 7.05 Å². The second-order valence-corrected chi connectivity index (χ2v) is 2.29. The highest BCUT2D eigenvalue weighted by Gasteiger charge is 2.09. The van der Waals surface area contributed by atoms with E-state index >= 15 is 0 Å². The van der Waals surface area contributed by atoms with Crippen molar-refractivity contribution in [3.63, 3.8) is 0 Å². The molecule has 1 heterocycles. The maximum atomic E-state index is 8.70. The molecule has 1 aromatic heterocycles. The Morgan fingerprint density at radius 3 is 2.64 bits per heavy atom. The third kappa shape index (κ3) is 1.05. The van der Waals surface area contributed by atoms with Crippen LogP contribution in [0.4, 0.5) is 5.82 Å². The zero-order valence-corrected chi connectivity index (χ0v) is 6.84. The molecule has 0 atom stereocenters. The molecule has 4 nitrogen and oxygen atoms in total. The first kappa shape index (κ1) is 7.61. The van der Waals surface area contributed by atoms with Crippen LogP contribution in [0.3, 0.4) is 0 Å². The van der Waals surface area contributed by atoms with Gasteiger partial charge in [0, 0.05) is 14.1 Å². The summed E-state index contributed by atoms with van der Waals surface area (Å²) in [5.74, 6) is 0.769. The lowest BCUT2D eigenvalue weighted by molar-refractivity contribution is 0.763. The Labute approximate surface area is 65.4 Å². The van der Waals surface area contributed by atoms with Gasteiger partial charge in [0.05, 0.1) is 5.69 Å². The van der Waals surface area contributed by atoms with Crippen molar-refractivity contribution in [3.05, 3.63) is 11.3 Å². The van der Waals surface area contributed by atoms with Gasteiger partial charge in [-0.25, -0.2) is 0 Å². The van der Waals surface area contributed by atoms with Crippen molar-refractivity contribution in [1.82, 2.24) is 9.78 Å². The van der Waals surface area contributed by atoms with Gasteiger partial charge in [-0.3, -0.25) is 4.68 Å². The molecule has 0 saturated heterocycles. The average molecular weight is 150 g/mol. The Morgan fingerprint density at radius 2 is 2.27 bits per heavy atom. The third-order valence-electron chi connectivity index (χ3n) is 1.57. The summed E-state index contributed by atoms with van der Waals surface area (Å²) >= 11 is 0. The van der Waals surface area contributed by atoms with Gasteiger partial charge >= 0.3 is 0 Å². The monoisotopic (exact) mass is 150 g/mol. The molecule has 0 aromatic carbocycles. The molecule has 11 heavy (non-hydrogen) atoms. The lowest BCUT2D eigenvalue weighted by Crippen LogP contribution is -1.99. The highest BCUT2D eigenvalue weighted by molar-refractivity contribution is 5.54. The topological polar surface area (TPSA) is 53.6 Å². The summed E-state index contributed by atoms with van der Waals surface area (Å²) in [5, 5.41) is 15.7. The molecule has 1 aromatic rings. The summed E-state index contributed by atoms with van der Waals surface area (Å²) in [4.78, 5) is 0. The van der Waals surface area contributed by atoms with Crippen molar-refractivity contribution in [2.24, 2.45) is 7.05 Å². The first-order chi connectivity index (χ1) is 5.20. The second-order valence-electron chi connectivity index (χ2n) is 2.29. The lowest BCUT2D eigenvalue weighted by Gasteiger charge is -1.98. The van der Waals surface area contributed by atoms with Gasteiger partial charge in [-0.2, -0.15) is 10.4 Å². The van der Waals surface area contributed by atoms with E-state index in [1.54, 1.807) is 18.8 Å². The Bertz CT molecular complexity index is 305. The largest absolute Gasteiger partial charge is 0.372 e. The normalized spacial score (nSPS) is 9.27. The summed E-state index contributed by atoms with van der Waals surface area (Å²) < 4.78 is 1.66. The van der Waals surface area contributed by atoms with Crippen LogP contribution < -0.4 is 5.32 Å².